The SMILES string of the molecule is Cc1cccc(CCN(CCC(=O)[O-])C(=O)OCc2ccccc2)c1. The van der Waals surface area contributed by atoms with Gasteiger partial charge in [-0.3, -0.25) is 0 Å². The first kappa shape index (κ1) is 18.5. The Morgan fingerprint density at radius 3 is 2.40 bits per heavy atom. The smallest absolute Gasteiger partial charge is 0.410 e. The zero-order valence-corrected chi connectivity index (χ0v) is 14.3. The summed E-state index contributed by atoms with van der Waals surface area (Å²) in [4.78, 5) is 24.5. The molecule has 25 heavy (non-hydrogen) atoms. The van der Waals surface area contributed by atoms with E-state index >= 15 is 0 Å². The van der Waals surface area contributed by atoms with E-state index in [1.54, 1.807) is 0 Å². The third-order valence-electron chi connectivity index (χ3n) is 3.80. The molecule has 5 nitrogen and oxygen atoms in total. The third-order valence-corrected chi connectivity index (χ3v) is 3.80. The number of carbonyl (C=O) groups excluding carboxylic acids is 2. The molecule has 2 aromatic rings. The highest BCUT2D eigenvalue weighted by atomic mass is 16.6. The molecule has 0 aliphatic rings. The van der Waals surface area contributed by atoms with Crippen molar-refractivity contribution in [3.8, 4) is 0 Å². The van der Waals surface area contributed by atoms with Gasteiger partial charge < -0.3 is 19.5 Å². The number of ether oxygens (including phenoxy) is 1. The summed E-state index contributed by atoms with van der Waals surface area (Å²) in [6.45, 7) is 2.63. The highest BCUT2D eigenvalue weighted by Gasteiger charge is 2.15. The largest absolute Gasteiger partial charge is 0.550 e. The quantitative estimate of drug-likeness (QED) is 0.739. The van der Waals surface area contributed by atoms with Gasteiger partial charge in [-0.1, -0.05) is 60.2 Å². The second-order valence-corrected chi connectivity index (χ2v) is 5.89. The lowest BCUT2D eigenvalue weighted by Crippen LogP contribution is -2.37. The fraction of sp³-hybridized carbons (Fsp3) is 0.300. The molecule has 2 rings (SSSR count). The Kier molecular flexibility index (Phi) is 7.01. The Morgan fingerprint density at radius 1 is 1.00 bits per heavy atom. The predicted molar refractivity (Wildman–Crippen MR) is 92.7 cm³/mol. The maximum absolute atomic E-state index is 12.3. The maximum Gasteiger partial charge on any atom is 0.410 e. The van der Waals surface area contributed by atoms with Gasteiger partial charge >= 0.3 is 6.09 Å². The van der Waals surface area contributed by atoms with Gasteiger partial charge in [0.05, 0.1) is 0 Å². The van der Waals surface area contributed by atoms with Crippen LogP contribution in [-0.4, -0.2) is 30.1 Å². The Morgan fingerprint density at radius 2 is 1.72 bits per heavy atom. The van der Waals surface area contributed by atoms with Crippen molar-refractivity contribution in [2.45, 2.75) is 26.4 Å². The number of aliphatic carboxylic acids is 1. The van der Waals surface area contributed by atoms with Crippen molar-refractivity contribution >= 4 is 12.1 Å². The van der Waals surface area contributed by atoms with E-state index in [2.05, 4.69) is 0 Å². The minimum absolute atomic E-state index is 0.0712. The van der Waals surface area contributed by atoms with E-state index in [0.717, 1.165) is 16.7 Å². The number of benzene rings is 2. The van der Waals surface area contributed by atoms with Crippen LogP contribution in [0.15, 0.2) is 54.6 Å². The minimum atomic E-state index is -1.18. The van der Waals surface area contributed by atoms with E-state index in [9.17, 15) is 14.7 Å². The van der Waals surface area contributed by atoms with Crippen LogP contribution in [0.4, 0.5) is 4.79 Å². The molecule has 5 heteroatoms. The van der Waals surface area contributed by atoms with E-state index in [0.29, 0.717) is 13.0 Å². The Labute approximate surface area is 147 Å². The lowest BCUT2D eigenvalue weighted by molar-refractivity contribution is -0.305. The Bertz CT molecular complexity index is 700. The Balaban J connectivity index is 1.93. The van der Waals surface area contributed by atoms with Crippen molar-refractivity contribution in [2.24, 2.45) is 0 Å². The van der Waals surface area contributed by atoms with Crippen LogP contribution in [0.3, 0.4) is 0 Å². The molecule has 0 aromatic heterocycles. The predicted octanol–water partition coefficient (Wildman–Crippen LogP) is 2.32. The van der Waals surface area contributed by atoms with Gasteiger partial charge in [0.15, 0.2) is 0 Å². The van der Waals surface area contributed by atoms with Gasteiger partial charge in [-0.15, -0.1) is 0 Å². The summed E-state index contributed by atoms with van der Waals surface area (Å²) in [5, 5.41) is 10.7. The van der Waals surface area contributed by atoms with Crippen molar-refractivity contribution in [3.63, 3.8) is 0 Å². The number of hydrogen-bond donors (Lipinski definition) is 0. The van der Waals surface area contributed by atoms with E-state index in [-0.39, 0.29) is 19.6 Å². The molecule has 2 aromatic carbocycles. The highest BCUT2D eigenvalue weighted by Crippen LogP contribution is 2.08. The summed E-state index contributed by atoms with van der Waals surface area (Å²) in [6.07, 6.45) is -0.0959. The fourth-order valence-electron chi connectivity index (χ4n) is 2.46. The van der Waals surface area contributed by atoms with Crippen molar-refractivity contribution in [1.29, 1.82) is 0 Å². The summed E-state index contributed by atoms with van der Waals surface area (Å²) in [7, 11) is 0. The van der Waals surface area contributed by atoms with E-state index < -0.39 is 12.1 Å². The summed E-state index contributed by atoms with van der Waals surface area (Å²) in [6, 6.07) is 17.4. The first-order valence-corrected chi connectivity index (χ1v) is 8.25. The molecule has 0 aliphatic carbocycles. The van der Waals surface area contributed by atoms with Crippen LogP contribution in [0.1, 0.15) is 23.1 Å². The standard InChI is InChI=1S/C20H23NO4/c1-16-6-5-9-17(14-16)10-12-21(13-11-19(22)23)20(24)25-15-18-7-3-2-4-8-18/h2-9,14H,10-13,15H2,1H3,(H,22,23)/p-1. The molecule has 0 saturated heterocycles. The van der Waals surface area contributed by atoms with Crippen LogP contribution in [0.2, 0.25) is 0 Å². The van der Waals surface area contributed by atoms with Crippen molar-refractivity contribution in [3.05, 3.63) is 71.3 Å². The molecule has 0 fully saturated rings. The number of nitrogens with zero attached hydrogens (tertiary/aromatic N) is 1. The zero-order chi connectivity index (χ0) is 18.1. The molecule has 0 heterocycles. The minimum Gasteiger partial charge on any atom is -0.550 e. The molecular weight excluding hydrogens is 318 g/mol. The lowest BCUT2D eigenvalue weighted by atomic mass is 10.1. The molecule has 0 radical (unpaired) electrons. The van der Waals surface area contributed by atoms with Crippen molar-refractivity contribution < 1.29 is 19.4 Å². The topological polar surface area (TPSA) is 69.7 Å². The average Bonchev–Trinajstić information content (AvgIpc) is 2.60. The maximum atomic E-state index is 12.3. The van der Waals surface area contributed by atoms with Gasteiger partial charge in [0.2, 0.25) is 0 Å². The third kappa shape index (κ3) is 6.67. The van der Waals surface area contributed by atoms with Crippen LogP contribution >= 0.6 is 0 Å². The van der Waals surface area contributed by atoms with Crippen molar-refractivity contribution in [1.82, 2.24) is 4.90 Å². The molecule has 0 bridgehead atoms. The number of aryl methyl sites for hydroxylation is 1. The molecule has 0 unspecified atom stereocenters. The highest BCUT2D eigenvalue weighted by molar-refractivity contribution is 5.69. The van der Waals surface area contributed by atoms with Gasteiger partial charge in [0.25, 0.3) is 0 Å². The van der Waals surface area contributed by atoms with Crippen LogP contribution in [-0.2, 0) is 22.6 Å². The summed E-state index contributed by atoms with van der Waals surface area (Å²) < 4.78 is 5.31. The lowest BCUT2D eigenvalue weighted by Gasteiger charge is -2.22. The number of carboxylic acids is 1. The number of carbonyl (C=O) groups is 2. The van der Waals surface area contributed by atoms with Gasteiger partial charge in [0.1, 0.15) is 6.61 Å². The Hall–Kier alpha value is -2.82. The molecule has 0 N–H and O–H groups in total. The van der Waals surface area contributed by atoms with Gasteiger partial charge in [-0.2, -0.15) is 0 Å². The first-order chi connectivity index (χ1) is 12.0. The monoisotopic (exact) mass is 340 g/mol. The number of amides is 1. The zero-order valence-electron chi connectivity index (χ0n) is 14.3. The molecule has 132 valence electrons. The second-order valence-electron chi connectivity index (χ2n) is 5.89. The van der Waals surface area contributed by atoms with Gasteiger partial charge in [-0.05, 0) is 24.5 Å². The molecule has 0 saturated carbocycles. The molecule has 1 amide bonds. The summed E-state index contributed by atoms with van der Waals surface area (Å²) in [5.74, 6) is -1.18. The van der Waals surface area contributed by atoms with Crippen LogP contribution in [0.25, 0.3) is 0 Å². The number of carboxylic acid groups (broad SMARTS) is 1. The summed E-state index contributed by atoms with van der Waals surface area (Å²) >= 11 is 0. The normalized spacial score (nSPS) is 10.3. The molecule has 0 atom stereocenters. The van der Waals surface area contributed by atoms with E-state index in [1.807, 2.05) is 61.5 Å². The number of rotatable bonds is 8. The van der Waals surface area contributed by atoms with E-state index in [4.69, 9.17) is 4.74 Å². The van der Waals surface area contributed by atoms with E-state index in [1.165, 1.54) is 4.90 Å². The summed E-state index contributed by atoms with van der Waals surface area (Å²) in [5.41, 5.74) is 3.12. The fourth-order valence-corrected chi connectivity index (χ4v) is 2.46. The van der Waals surface area contributed by atoms with Gasteiger partial charge in [-0.25, -0.2) is 4.79 Å². The molecule has 0 spiro atoms. The average molecular weight is 340 g/mol. The van der Waals surface area contributed by atoms with Crippen LogP contribution < -0.4 is 5.11 Å². The van der Waals surface area contributed by atoms with Crippen LogP contribution in [0.5, 0.6) is 0 Å². The molecule has 0 aliphatic heterocycles. The van der Waals surface area contributed by atoms with Gasteiger partial charge in [0, 0.05) is 25.5 Å². The molecular formula is C20H22NO4-. The number of hydrogen-bond acceptors (Lipinski definition) is 4. The van der Waals surface area contributed by atoms with Crippen molar-refractivity contribution in [2.75, 3.05) is 13.1 Å². The second kappa shape index (κ2) is 9.47. The van der Waals surface area contributed by atoms with Crippen LogP contribution in [0, 0.1) is 6.92 Å². The first-order valence-electron chi connectivity index (χ1n) is 8.25.